The lowest BCUT2D eigenvalue weighted by molar-refractivity contribution is 0.0735. The summed E-state index contributed by atoms with van der Waals surface area (Å²) in [6, 6.07) is 19.1. The summed E-state index contributed by atoms with van der Waals surface area (Å²) in [6.07, 6.45) is 5.76. The highest BCUT2D eigenvalue weighted by Gasteiger charge is 2.31. The van der Waals surface area contributed by atoms with Crippen LogP contribution in [0.2, 0.25) is 0 Å². The summed E-state index contributed by atoms with van der Waals surface area (Å²) in [4.78, 5) is 19.9. The van der Waals surface area contributed by atoms with Crippen molar-refractivity contribution < 1.29 is 19.0 Å². The van der Waals surface area contributed by atoms with Gasteiger partial charge in [0, 0.05) is 24.5 Å². The molecular formula is C27H27N3O4. The van der Waals surface area contributed by atoms with Crippen molar-refractivity contribution >= 4 is 11.6 Å². The van der Waals surface area contributed by atoms with Gasteiger partial charge in [-0.15, -0.1) is 0 Å². The number of fused-ring (bicyclic) bond motifs is 1. The number of likely N-dealkylation sites (tertiary alicyclic amines) is 1. The van der Waals surface area contributed by atoms with Crippen molar-refractivity contribution in [2.45, 2.75) is 25.5 Å². The first-order chi connectivity index (χ1) is 16.7. The number of imidazole rings is 1. The van der Waals surface area contributed by atoms with E-state index in [4.69, 9.17) is 14.2 Å². The molecule has 4 aromatic rings. The van der Waals surface area contributed by atoms with E-state index in [1.807, 2.05) is 82.4 Å². The first-order valence-corrected chi connectivity index (χ1v) is 11.3. The zero-order valence-electron chi connectivity index (χ0n) is 19.3. The quantitative estimate of drug-likeness (QED) is 0.395. The fourth-order valence-electron chi connectivity index (χ4n) is 4.52. The second-order valence-corrected chi connectivity index (χ2v) is 8.29. The van der Waals surface area contributed by atoms with Crippen molar-refractivity contribution in [3.8, 4) is 17.2 Å². The molecule has 0 saturated carbocycles. The predicted octanol–water partition coefficient (Wildman–Crippen LogP) is 4.91. The van der Waals surface area contributed by atoms with Gasteiger partial charge >= 0.3 is 0 Å². The molecular weight excluding hydrogens is 430 g/mol. The Bertz CT molecular complexity index is 1280. The van der Waals surface area contributed by atoms with Gasteiger partial charge in [-0.2, -0.15) is 0 Å². The summed E-state index contributed by atoms with van der Waals surface area (Å²) in [7, 11) is 3.24. The van der Waals surface area contributed by atoms with Gasteiger partial charge in [-0.05, 0) is 60.9 Å². The van der Waals surface area contributed by atoms with E-state index in [2.05, 4.69) is 4.98 Å². The van der Waals surface area contributed by atoms with Crippen LogP contribution in [-0.2, 0) is 6.61 Å². The standard InChI is InChI=1S/C27H27N3O4/c1-32-24-12-11-19(16-25(24)33-2)23-9-6-14-30(23)27(31)20-7-5-8-22(15-20)34-18-21-17-29-13-4-3-10-26(29)28-21/h3-5,7-8,10-13,15-17,23H,6,9,14,18H2,1-2H3/t23-/m1/s1. The molecule has 2 aromatic heterocycles. The van der Waals surface area contributed by atoms with Gasteiger partial charge in [0.05, 0.1) is 26.0 Å². The van der Waals surface area contributed by atoms with Gasteiger partial charge in [-0.25, -0.2) is 4.98 Å². The molecule has 5 rings (SSSR count). The van der Waals surface area contributed by atoms with Crippen molar-refractivity contribution in [1.29, 1.82) is 0 Å². The van der Waals surface area contributed by atoms with Crippen molar-refractivity contribution in [3.05, 3.63) is 89.9 Å². The Morgan fingerprint density at radius 1 is 1.03 bits per heavy atom. The number of carbonyl (C=O) groups excluding carboxylic acids is 1. The topological polar surface area (TPSA) is 65.3 Å². The van der Waals surface area contributed by atoms with Crippen LogP contribution >= 0.6 is 0 Å². The number of pyridine rings is 1. The van der Waals surface area contributed by atoms with Crippen molar-refractivity contribution in [2.24, 2.45) is 0 Å². The number of hydrogen-bond donors (Lipinski definition) is 0. The molecule has 2 aromatic carbocycles. The third kappa shape index (κ3) is 4.29. The molecule has 1 saturated heterocycles. The molecule has 7 nitrogen and oxygen atoms in total. The third-order valence-corrected chi connectivity index (χ3v) is 6.19. The number of benzene rings is 2. The molecule has 7 heteroatoms. The highest BCUT2D eigenvalue weighted by Crippen LogP contribution is 2.37. The molecule has 0 radical (unpaired) electrons. The maximum atomic E-state index is 13.5. The zero-order valence-corrected chi connectivity index (χ0v) is 19.3. The van der Waals surface area contributed by atoms with Gasteiger partial charge in [0.1, 0.15) is 18.0 Å². The SMILES string of the molecule is COc1ccc([C@H]2CCCN2C(=O)c2cccc(OCc3cn4ccccc4n3)c2)cc1OC. The van der Waals surface area contributed by atoms with E-state index in [1.54, 1.807) is 14.2 Å². The van der Waals surface area contributed by atoms with Crippen LogP contribution in [0.5, 0.6) is 17.2 Å². The lowest BCUT2D eigenvalue weighted by Gasteiger charge is -2.26. The van der Waals surface area contributed by atoms with Gasteiger partial charge in [0.15, 0.2) is 11.5 Å². The highest BCUT2D eigenvalue weighted by molar-refractivity contribution is 5.95. The molecule has 1 fully saturated rings. The molecule has 0 bridgehead atoms. The van der Waals surface area contributed by atoms with Crippen LogP contribution in [0.15, 0.2) is 73.1 Å². The smallest absolute Gasteiger partial charge is 0.254 e. The van der Waals surface area contributed by atoms with E-state index in [1.165, 1.54) is 0 Å². The molecule has 1 aliphatic heterocycles. The number of amides is 1. The van der Waals surface area contributed by atoms with Crippen LogP contribution in [-0.4, -0.2) is 41.0 Å². The number of hydrogen-bond acceptors (Lipinski definition) is 5. The average Bonchev–Trinajstić information content (AvgIpc) is 3.54. The Morgan fingerprint density at radius 2 is 1.91 bits per heavy atom. The van der Waals surface area contributed by atoms with E-state index >= 15 is 0 Å². The molecule has 0 N–H and O–H groups in total. The molecule has 0 aliphatic carbocycles. The minimum absolute atomic E-state index is 0.00420. The minimum Gasteiger partial charge on any atom is -0.493 e. The summed E-state index contributed by atoms with van der Waals surface area (Å²) in [6.45, 7) is 1.04. The number of nitrogens with zero attached hydrogens (tertiary/aromatic N) is 3. The van der Waals surface area contributed by atoms with Crippen LogP contribution in [0.1, 0.15) is 40.5 Å². The van der Waals surface area contributed by atoms with Gasteiger partial charge < -0.3 is 23.5 Å². The minimum atomic E-state index is -0.00476. The van der Waals surface area contributed by atoms with Gasteiger partial charge in [0.25, 0.3) is 5.91 Å². The maximum Gasteiger partial charge on any atom is 0.254 e. The molecule has 0 spiro atoms. The second-order valence-electron chi connectivity index (χ2n) is 8.29. The number of methoxy groups -OCH3 is 2. The number of carbonyl (C=O) groups is 1. The average molecular weight is 458 g/mol. The summed E-state index contributed by atoms with van der Waals surface area (Å²) < 4.78 is 18.7. The molecule has 34 heavy (non-hydrogen) atoms. The largest absolute Gasteiger partial charge is 0.493 e. The van der Waals surface area contributed by atoms with Crippen molar-refractivity contribution in [3.63, 3.8) is 0 Å². The van der Waals surface area contributed by atoms with Gasteiger partial charge in [0.2, 0.25) is 0 Å². The lowest BCUT2D eigenvalue weighted by atomic mass is 10.0. The van der Waals surface area contributed by atoms with E-state index in [0.29, 0.717) is 36.0 Å². The summed E-state index contributed by atoms with van der Waals surface area (Å²) >= 11 is 0. The van der Waals surface area contributed by atoms with E-state index in [9.17, 15) is 4.79 Å². The van der Waals surface area contributed by atoms with Crippen molar-refractivity contribution in [1.82, 2.24) is 14.3 Å². The second kappa shape index (κ2) is 9.47. The normalized spacial score (nSPS) is 15.5. The molecule has 0 unspecified atom stereocenters. The van der Waals surface area contributed by atoms with Gasteiger partial charge in [-0.1, -0.05) is 18.2 Å². The van der Waals surface area contributed by atoms with E-state index < -0.39 is 0 Å². The Balaban J connectivity index is 1.31. The molecule has 1 amide bonds. The van der Waals surface area contributed by atoms with E-state index in [-0.39, 0.29) is 11.9 Å². The summed E-state index contributed by atoms with van der Waals surface area (Å²) in [5.74, 6) is 1.99. The number of ether oxygens (including phenoxy) is 3. The predicted molar refractivity (Wildman–Crippen MR) is 129 cm³/mol. The first-order valence-electron chi connectivity index (χ1n) is 11.3. The monoisotopic (exact) mass is 457 g/mol. The Morgan fingerprint density at radius 3 is 2.74 bits per heavy atom. The van der Waals surface area contributed by atoms with Crippen LogP contribution in [0.4, 0.5) is 0 Å². The number of rotatable bonds is 7. The molecule has 174 valence electrons. The fourth-order valence-corrected chi connectivity index (χ4v) is 4.52. The Labute approximate surface area is 198 Å². The summed E-state index contributed by atoms with van der Waals surface area (Å²) in [5, 5.41) is 0. The third-order valence-electron chi connectivity index (χ3n) is 6.19. The lowest BCUT2D eigenvalue weighted by Crippen LogP contribution is -2.30. The molecule has 1 atom stereocenters. The van der Waals surface area contributed by atoms with Crippen molar-refractivity contribution in [2.75, 3.05) is 20.8 Å². The zero-order chi connectivity index (χ0) is 23.5. The molecule has 3 heterocycles. The summed E-state index contributed by atoms with van der Waals surface area (Å²) in [5.41, 5.74) is 3.36. The fraction of sp³-hybridized carbons (Fsp3) is 0.259. The van der Waals surface area contributed by atoms with Crippen LogP contribution in [0.3, 0.4) is 0 Å². The first kappa shape index (κ1) is 21.8. The van der Waals surface area contributed by atoms with Crippen LogP contribution in [0, 0.1) is 0 Å². The maximum absolute atomic E-state index is 13.5. The Hall–Kier alpha value is -4.00. The van der Waals surface area contributed by atoms with E-state index in [0.717, 1.165) is 29.7 Å². The number of aromatic nitrogens is 2. The van der Waals surface area contributed by atoms with Crippen LogP contribution < -0.4 is 14.2 Å². The van der Waals surface area contributed by atoms with Crippen LogP contribution in [0.25, 0.3) is 5.65 Å². The van der Waals surface area contributed by atoms with Gasteiger partial charge in [-0.3, -0.25) is 4.79 Å². The molecule has 1 aliphatic rings. The Kier molecular flexibility index (Phi) is 6.08. The highest BCUT2D eigenvalue weighted by atomic mass is 16.5.